The minimum Gasteiger partial charge on any atom is -0.384 e. The number of rotatable bonds is 8. The Morgan fingerprint density at radius 1 is 1.16 bits per heavy atom. The second kappa shape index (κ2) is 10.5. The number of likely N-dealkylation sites (N-methyl/N-ethyl adjacent to an activating group) is 1. The number of fused-ring (bicyclic) bond motifs is 1. The summed E-state index contributed by atoms with van der Waals surface area (Å²) in [5.74, 6) is 2.34. The zero-order valence-electron chi connectivity index (χ0n) is 22.8. The largest absolute Gasteiger partial charge is 0.384 e. The van der Waals surface area contributed by atoms with Crippen molar-refractivity contribution >= 4 is 34.9 Å². The van der Waals surface area contributed by atoms with Crippen molar-refractivity contribution < 1.29 is 9.53 Å². The molecule has 2 aliphatic rings. The van der Waals surface area contributed by atoms with Crippen LogP contribution in [0.5, 0.6) is 0 Å². The van der Waals surface area contributed by atoms with Gasteiger partial charge in [0.05, 0.1) is 18.8 Å². The molecule has 0 radical (unpaired) electrons. The van der Waals surface area contributed by atoms with Gasteiger partial charge in [-0.15, -0.1) is 0 Å². The Hall–Kier alpha value is -3.76. The summed E-state index contributed by atoms with van der Waals surface area (Å²) in [6, 6.07) is 12.2. The maximum atomic E-state index is 12.2. The molecule has 0 unspecified atom stereocenters. The molecule has 1 aromatic carbocycles. The van der Waals surface area contributed by atoms with Crippen molar-refractivity contribution in [3.63, 3.8) is 0 Å². The fraction of sp³-hybridized carbons (Fsp3) is 0.429. The van der Waals surface area contributed by atoms with Gasteiger partial charge in [0.2, 0.25) is 11.9 Å². The Kier molecular flexibility index (Phi) is 7.18. The standard InChI is InChI=1S/C28H36N8O2/c1-19-13-20(9-10-23(19)35-12-11-34(4)25(37)16-35)32-27-30-15-22-26(33-27)36(17-28(22,2)18-38-5)24-8-6-7-21(31-24)14-29-3/h6-10,13,15,29H,11-12,14,16-18H2,1-5H3,(H,30,32,33)/t28-/m0/s1. The number of piperazine rings is 1. The molecule has 10 heteroatoms. The Labute approximate surface area is 224 Å². The summed E-state index contributed by atoms with van der Waals surface area (Å²) < 4.78 is 5.59. The molecule has 200 valence electrons. The van der Waals surface area contributed by atoms with Crippen molar-refractivity contribution in [3.8, 4) is 0 Å². The van der Waals surface area contributed by atoms with E-state index in [2.05, 4.69) is 51.4 Å². The molecule has 1 fully saturated rings. The van der Waals surface area contributed by atoms with Gasteiger partial charge in [-0.25, -0.2) is 9.97 Å². The monoisotopic (exact) mass is 516 g/mol. The van der Waals surface area contributed by atoms with Crippen molar-refractivity contribution in [2.24, 2.45) is 0 Å². The summed E-state index contributed by atoms with van der Waals surface area (Å²) in [4.78, 5) is 32.7. The lowest BCUT2D eigenvalue weighted by Gasteiger charge is -2.34. The summed E-state index contributed by atoms with van der Waals surface area (Å²) in [7, 11) is 5.49. The first-order chi connectivity index (χ1) is 18.3. The van der Waals surface area contributed by atoms with E-state index in [0.29, 0.717) is 32.2 Å². The molecule has 10 nitrogen and oxygen atoms in total. The third kappa shape index (κ3) is 5.01. The minimum absolute atomic E-state index is 0.139. The van der Waals surface area contributed by atoms with Crippen molar-refractivity contribution in [1.29, 1.82) is 0 Å². The van der Waals surface area contributed by atoms with Crippen LogP contribution in [0.4, 0.5) is 29.0 Å². The van der Waals surface area contributed by atoms with E-state index in [1.165, 1.54) is 0 Å². The lowest BCUT2D eigenvalue weighted by molar-refractivity contribution is -0.129. The van der Waals surface area contributed by atoms with E-state index in [1.807, 2.05) is 44.6 Å². The molecular weight excluding hydrogens is 480 g/mol. The highest BCUT2D eigenvalue weighted by Crippen LogP contribution is 2.43. The number of pyridine rings is 1. The number of aromatic nitrogens is 3. The van der Waals surface area contributed by atoms with Crippen molar-refractivity contribution in [3.05, 3.63) is 59.4 Å². The van der Waals surface area contributed by atoms with Crippen LogP contribution >= 0.6 is 0 Å². The van der Waals surface area contributed by atoms with Gasteiger partial charge >= 0.3 is 0 Å². The third-order valence-electron chi connectivity index (χ3n) is 7.32. The molecule has 3 aromatic rings. The van der Waals surface area contributed by atoms with Gasteiger partial charge in [-0.3, -0.25) is 4.79 Å². The molecule has 38 heavy (non-hydrogen) atoms. The second-order valence-electron chi connectivity index (χ2n) is 10.4. The number of aryl methyl sites for hydroxylation is 1. The number of nitrogens with one attached hydrogen (secondary N) is 2. The number of carbonyl (C=O) groups is 1. The van der Waals surface area contributed by atoms with Gasteiger partial charge < -0.3 is 30.1 Å². The fourth-order valence-electron chi connectivity index (χ4n) is 5.28. The number of anilines is 5. The van der Waals surface area contributed by atoms with Crippen LogP contribution < -0.4 is 20.4 Å². The molecule has 0 saturated carbocycles. The number of methoxy groups -OCH3 is 1. The minimum atomic E-state index is -0.262. The quantitative estimate of drug-likeness (QED) is 0.468. The normalized spacial score (nSPS) is 19.2. The Balaban J connectivity index is 1.42. The van der Waals surface area contributed by atoms with Gasteiger partial charge in [0, 0.05) is 68.9 Å². The van der Waals surface area contributed by atoms with Crippen LogP contribution in [0.15, 0.2) is 42.6 Å². The van der Waals surface area contributed by atoms with Gasteiger partial charge in [0.1, 0.15) is 11.6 Å². The average molecular weight is 517 g/mol. The van der Waals surface area contributed by atoms with Crippen molar-refractivity contribution in [1.82, 2.24) is 25.2 Å². The van der Waals surface area contributed by atoms with Crippen LogP contribution in [0.2, 0.25) is 0 Å². The van der Waals surface area contributed by atoms with Gasteiger partial charge in [-0.2, -0.15) is 4.98 Å². The van der Waals surface area contributed by atoms with Crippen LogP contribution in [0, 0.1) is 6.92 Å². The van der Waals surface area contributed by atoms with Crippen molar-refractivity contribution in [2.75, 3.05) is 69.1 Å². The molecule has 0 spiro atoms. The van der Waals surface area contributed by atoms with E-state index in [4.69, 9.17) is 14.7 Å². The summed E-state index contributed by atoms with van der Waals surface area (Å²) >= 11 is 0. The molecule has 0 aliphatic carbocycles. The van der Waals surface area contributed by atoms with E-state index in [0.717, 1.165) is 52.9 Å². The first kappa shape index (κ1) is 25.9. The number of amides is 1. The van der Waals surface area contributed by atoms with E-state index in [-0.39, 0.29) is 11.3 Å². The van der Waals surface area contributed by atoms with Crippen LogP contribution in [-0.2, 0) is 21.5 Å². The molecule has 2 aromatic heterocycles. The van der Waals surface area contributed by atoms with Gasteiger partial charge in [-0.05, 0) is 49.9 Å². The second-order valence-corrected chi connectivity index (χ2v) is 10.4. The van der Waals surface area contributed by atoms with Crippen LogP contribution in [0.25, 0.3) is 0 Å². The zero-order valence-corrected chi connectivity index (χ0v) is 22.8. The third-order valence-corrected chi connectivity index (χ3v) is 7.32. The lowest BCUT2D eigenvalue weighted by atomic mass is 9.87. The highest BCUT2D eigenvalue weighted by molar-refractivity contribution is 5.83. The van der Waals surface area contributed by atoms with E-state index >= 15 is 0 Å². The summed E-state index contributed by atoms with van der Waals surface area (Å²) in [5.41, 5.74) is 4.80. The van der Waals surface area contributed by atoms with Crippen LogP contribution in [0.1, 0.15) is 23.7 Å². The molecular formula is C28H36N8O2. The van der Waals surface area contributed by atoms with Crippen LogP contribution in [-0.4, -0.2) is 79.8 Å². The molecule has 5 rings (SSSR count). The molecule has 1 amide bonds. The van der Waals surface area contributed by atoms with Gasteiger partial charge in [0.15, 0.2) is 0 Å². The average Bonchev–Trinajstić information content (AvgIpc) is 3.18. The van der Waals surface area contributed by atoms with Gasteiger partial charge in [-0.1, -0.05) is 13.0 Å². The number of ether oxygens (including phenoxy) is 1. The topological polar surface area (TPSA) is 98.8 Å². The lowest BCUT2D eigenvalue weighted by Crippen LogP contribution is -2.48. The molecule has 4 heterocycles. The van der Waals surface area contributed by atoms with Crippen molar-refractivity contribution in [2.45, 2.75) is 25.8 Å². The highest BCUT2D eigenvalue weighted by atomic mass is 16.5. The Morgan fingerprint density at radius 2 is 2.00 bits per heavy atom. The molecule has 0 bridgehead atoms. The zero-order chi connectivity index (χ0) is 26.9. The first-order valence-electron chi connectivity index (χ1n) is 12.9. The van der Waals surface area contributed by atoms with Gasteiger partial charge in [0.25, 0.3) is 0 Å². The summed E-state index contributed by atoms with van der Waals surface area (Å²) in [6.45, 7) is 8.13. The SMILES string of the molecule is CNCc1cccc(N2C[C@@](C)(COC)c3cnc(Nc4ccc(N5CCN(C)C(=O)C5)c(C)c4)nc32)n1. The van der Waals surface area contributed by atoms with E-state index in [1.54, 1.807) is 12.0 Å². The van der Waals surface area contributed by atoms with E-state index in [9.17, 15) is 4.79 Å². The number of hydrogen-bond donors (Lipinski definition) is 2. The highest BCUT2D eigenvalue weighted by Gasteiger charge is 2.42. The summed E-state index contributed by atoms with van der Waals surface area (Å²) in [6.07, 6.45) is 1.90. The number of benzene rings is 1. The first-order valence-corrected chi connectivity index (χ1v) is 12.9. The smallest absolute Gasteiger partial charge is 0.241 e. The maximum absolute atomic E-state index is 12.2. The van der Waals surface area contributed by atoms with Crippen LogP contribution in [0.3, 0.4) is 0 Å². The molecule has 1 atom stereocenters. The Bertz CT molecular complexity index is 1330. The Morgan fingerprint density at radius 3 is 2.74 bits per heavy atom. The van der Waals surface area contributed by atoms with E-state index < -0.39 is 0 Å². The molecule has 2 N–H and O–H groups in total. The number of hydrogen-bond acceptors (Lipinski definition) is 9. The molecule has 1 saturated heterocycles. The summed E-state index contributed by atoms with van der Waals surface area (Å²) in [5, 5.41) is 6.55. The number of carbonyl (C=O) groups excluding carboxylic acids is 1. The fourth-order valence-corrected chi connectivity index (χ4v) is 5.28. The number of nitrogens with zero attached hydrogens (tertiary/aromatic N) is 6. The predicted octanol–water partition coefficient (Wildman–Crippen LogP) is 2.98. The molecule has 2 aliphatic heterocycles. The predicted molar refractivity (Wildman–Crippen MR) is 150 cm³/mol. The maximum Gasteiger partial charge on any atom is 0.241 e.